The van der Waals surface area contributed by atoms with Crippen molar-refractivity contribution in [2.75, 3.05) is 6.61 Å². The molecular weight excluding hydrogens is 362 g/mol. The Morgan fingerprint density at radius 3 is 2.12 bits per heavy atom. The van der Waals surface area contributed by atoms with E-state index in [0.717, 1.165) is 5.56 Å². The van der Waals surface area contributed by atoms with Gasteiger partial charge in [-0.1, -0.05) is 30.3 Å². The molecule has 148 valence electrons. The quantitative estimate of drug-likeness (QED) is 0.610. The molecule has 0 unspecified atom stereocenters. The number of amides is 1. The Morgan fingerprint density at radius 2 is 1.62 bits per heavy atom. The van der Waals surface area contributed by atoms with Crippen LogP contribution in [0.4, 0.5) is 4.79 Å². The molecule has 0 aromatic heterocycles. The predicted octanol–water partition coefficient (Wildman–Crippen LogP) is 4.76. The topological polar surface area (TPSA) is 56.8 Å². The third-order valence-corrected chi connectivity index (χ3v) is 5.77. The Bertz CT molecular complexity index is 565. The normalized spacial score (nSPS) is 14.0. The lowest BCUT2D eigenvalue weighted by molar-refractivity contribution is 0.0305. The summed E-state index contributed by atoms with van der Waals surface area (Å²) in [5, 5.41) is 2.96. The van der Waals surface area contributed by atoms with Crippen molar-refractivity contribution in [2.45, 2.75) is 71.4 Å². The Kier molecular flexibility index (Phi) is 8.07. The van der Waals surface area contributed by atoms with Gasteiger partial charge in [-0.05, 0) is 58.7 Å². The molecular formula is C19H35NO4Si2. The fourth-order valence-electron chi connectivity index (χ4n) is 2.52. The van der Waals surface area contributed by atoms with Gasteiger partial charge in [-0.2, -0.15) is 0 Å². The molecule has 1 atom stereocenters. The summed E-state index contributed by atoms with van der Waals surface area (Å²) in [6.45, 7) is 17.5. The Morgan fingerprint density at radius 1 is 1.04 bits per heavy atom. The smallest absolute Gasteiger partial charge is 0.407 e. The average molecular weight is 398 g/mol. The second-order valence-electron chi connectivity index (χ2n) is 9.00. The lowest BCUT2D eigenvalue weighted by Crippen LogP contribution is -2.57. The minimum Gasteiger partial charge on any atom is -0.445 e. The first-order chi connectivity index (χ1) is 11.8. The summed E-state index contributed by atoms with van der Waals surface area (Å²) in [7, 11) is -3.50. The summed E-state index contributed by atoms with van der Waals surface area (Å²) in [6.07, 6.45) is -0.453. The van der Waals surface area contributed by atoms with E-state index in [4.69, 9.17) is 13.6 Å². The first kappa shape index (κ1) is 22.9. The van der Waals surface area contributed by atoms with Gasteiger partial charge in [0.05, 0.1) is 18.2 Å². The maximum atomic E-state index is 12.3. The van der Waals surface area contributed by atoms with Crippen LogP contribution in [0.15, 0.2) is 30.3 Å². The van der Waals surface area contributed by atoms with Gasteiger partial charge in [0.15, 0.2) is 16.6 Å². The lowest BCUT2D eigenvalue weighted by atomic mass is 10.0. The minimum absolute atomic E-state index is 0.240. The van der Waals surface area contributed by atoms with Crippen molar-refractivity contribution in [1.82, 2.24) is 5.32 Å². The van der Waals surface area contributed by atoms with Crippen molar-refractivity contribution in [2.24, 2.45) is 0 Å². The molecule has 1 aromatic rings. The highest BCUT2D eigenvalue weighted by Gasteiger charge is 2.37. The number of hydrogen-bond acceptors (Lipinski definition) is 4. The highest BCUT2D eigenvalue weighted by molar-refractivity contribution is 6.70. The maximum Gasteiger partial charge on any atom is 0.407 e. The van der Waals surface area contributed by atoms with Gasteiger partial charge < -0.3 is 18.9 Å². The van der Waals surface area contributed by atoms with Crippen LogP contribution >= 0.6 is 0 Å². The molecule has 0 aliphatic carbocycles. The van der Waals surface area contributed by atoms with E-state index < -0.39 is 28.3 Å². The van der Waals surface area contributed by atoms with Gasteiger partial charge in [-0.3, -0.25) is 0 Å². The van der Waals surface area contributed by atoms with E-state index >= 15 is 0 Å². The van der Waals surface area contributed by atoms with Crippen LogP contribution in [0.5, 0.6) is 0 Å². The summed E-state index contributed by atoms with van der Waals surface area (Å²) in [5.74, 6) is 0. The zero-order chi connectivity index (χ0) is 20.0. The predicted molar refractivity (Wildman–Crippen MR) is 111 cm³/mol. The largest absolute Gasteiger partial charge is 0.445 e. The number of carbonyl (C=O) groups excluding carboxylic acids is 1. The van der Waals surface area contributed by atoms with E-state index in [0.29, 0.717) is 6.61 Å². The highest BCUT2D eigenvalue weighted by Crippen LogP contribution is 2.23. The van der Waals surface area contributed by atoms with Crippen molar-refractivity contribution in [3.05, 3.63) is 35.9 Å². The second kappa shape index (κ2) is 9.17. The van der Waals surface area contributed by atoms with Gasteiger partial charge in [0, 0.05) is 0 Å². The molecule has 0 aliphatic heterocycles. The standard InChI is InChI=1S/C19H35NO4Si2/c1-19(2,24-26(6,7)8)17(15-23-25(3,4)5)20-18(21)22-14-16-12-10-9-11-13-16/h9-13,17H,14-15H2,1-8H3,(H,20,21)/t17-/m0/s1. The van der Waals surface area contributed by atoms with Gasteiger partial charge in [-0.25, -0.2) is 4.79 Å². The zero-order valence-electron chi connectivity index (χ0n) is 17.5. The van der Waals surface area contributed by atoms with E-state index in [2.05, 4.69) is 44.6 Å². The SMILES string of the molecule is CC(C)(O[Si](C)(C)C)[C@H](CO[Si](C)(C)C)NC(=O)OCc1ccccc1. The molecule has 0 bridgehead atoms. The number of alkyl carbamates (subject to hydrolysis) is 1. The number of ether oxygens (including phenoxy) is 1. The number of rotatable bonds is 9. The third-order valence-electron chi connectivity index (χ3n) is 3.60. The third kappa shape index (κ3) is 9.52. The molecule has 0 saturated carbocycles. The van der Waals surface area contributed by atoms with Crippen LogP contribution in [0.2, 0.25) is 39.3 Å². The summed E-state index contributed by atoms with van der Waals surface area (Å²) in [4.78, 5) is 12.3. The van der Waals surface area contributed by atoms with E-state index in [1.165, 1.54) is 0 Å². The number of nitrogens with one attached hydrogen (secondary N) is 1. The van der Waals surface area contributed by atoms with Gasteiger partial charge in [0.25, 0.3) is 0 Å². The summed E-state index contributed by atoms with van der Waals surface area (Å²) in [6, 6.07) is 9.35. The van der Waals surface area contributed by atoms with Crippen molar-refractivity contribution in [3.63, 3.8) is 0 Å². The van der Waals surface area contributed by atoms with Crippen molar-refractivity contribution < 1.29 is 18.4 Å². The van der Waals surface area contributed by atoms with Crippen LogP contribution in [0, 0.1) is 0 Å². The molecule has 1 rings (SSSR count). The van der Waals surface area contributed by atoms with E-state index in [1.807, 2.05) is 44.2 Å². The first-order valence-corrected chi connectivity index (χ1v) is 15.9. The highest BCUT2D eigenvalue weighted by atomic mass is 28.4. The minimum atomic E-state index is -1.79. The van der Waals surface area contributed by atoms with E-state index in [-0.39, 0.29) is 12.6 Å². The van der Waals surface area contributed by atoms with Gasteiger partial charge >= 0.3 is 6.09 Å². The molecule has 0 radical (unpaired) electrons. The van der Waals surface area contributed by atoms with Crippen molar-refractivity contribution in [3.8, 4) is 0 Å². The van der Waals surface area contributed by atoms with Crippen LogP contribution in [0.3, 0.4) is 0 Å². The fraction of sp³-hybridized carbons (Fsp3) is 0.632. The fourth-order valence-corrected chi connectivity index (χ4v) is 4.90. The number of carbonyl (C=O) groups is 1. The molecule has 1 N–H and O–H groups in total. The van der Waals surface area contributed by atoms with Crippen LogP contribution in [0.1, 0.15) is 19.4 Å². The van der Waals surface area contributed by atoms with E-state index in [1.54, 1.807) is 0 Å². The monoisotopic (exact) mass is 397 g/mol. The zero-order valence-corrected chi connectivity index (χ0v) is 19.5. The Balaban J connectivity index is 2.75. The van der Waals surface area contributed by atoms with Crippen molar-refractivity contribution >= 4 is 22.7 Å². The molecule has 0 fully saturated rings. The van der Waals surface area contributed by atoms with Gasteiger partial charge in [-0.15, -0.1) is 0 Å². The molecule has 0 saturated heterocycles. The lowest BCUT2D eigenvalue weighted by Gasteiger charge is -2.40. The van der Waals surface area contributed by atoms with Crippen molar-refractivity contribution in [1.29, 1.82) is 0 Å². The molecule has 7 heteroatoms. The Labute approximate surface area is 160 Å². The number of benzene rings is 1. The van der Waals surface area contributed by atoms with Gasteiger partial charge in [0.1, 0.15) is 6.61 Å². The molecule has 5 nitrogen and oxygen atoms in total. The molecule has 0 spiro atoms. The molecule has 1 amide bonds. The average Bonchev–Trinajstić information content (AvgIpc) is 2.47. The first-order valence-electron chi connectivity index (χ1n) is 9.10. The second-order valence-corrected chi connectivity index (χ2v) is 17.9. The van der Waals surface area contributed by atoms with Crippen LogP contribution in [-0.2, 0) is 20.2 Å². The Hall–Kier alpha value is -1.16. The summed E-state index contributed by atoms with van der Waals surface area (Å²) >= 11 is 0. The van der Waals surface area contributed by atoms with Crippen LogP contribution < -0.4 is 5.32 Å². The molecule has 26 heavy (non-hydrogen) atoms. The summed E-state index contributed by atoms with van der Waals surface area (Å²) in [5.41, 5.74) is 0.408. The summed E-state index contributed by atoms with van der Waals surface area (Å²) < 4.78 is 17.8. The van der Waals surface area contributed by atoms with Crippen LogP contribution in [0.25, 0.3) is 0 Å². The van der Waals surface area contributed by atoms with E-state index in [9.17, 15) is 4.79 Å². The van der Waals surface area contributed by atoms with Crippen LogP contribution in [-0.4, -0.2) is 41.0 Å². The molecule has 1 aromatic carbocycles. The number of hydrogen-bond donors (Lipinski definition) is 1. The maximum absolute atomic E-state index is 12.3. The molecule has 0 aliphatic rings. The molecule has 0 heterocycles. The van der Waals surface area contributed by atoms with Gasteiger partial charge in [0.2, 0.25) is 0 Å².